The van der Waals surface area contributed by atoms with Crippen molar-refractivity contribution in [2.24, 2.45) is 5.92 Å². The maximum Gasteiger partial charge on any atom is 1.00 e. The summed E-state index contributed by atoms with van der Waals surface area (Å²) in [5, 5.41) is 9.26. The molecule has 1 saturated carbocycles. The summed E-state index contributed by atoms with van der Waals surface area (Å²) in [6.07, 6.45) is 1.42. The molecule has 30 heavy (non-hydrogen) atoms. The van der Waals surface area contributed by atoms with Crippen LogP contribution in [0.5, 0.6) is 0 Å². The van der Waals surface area contributed by atoms with Crippen LogP contribution in [0.25, 0.3) is 0 Å². The number of sulfone groups is 1. The quantitative estimate of drug-likeness (QED) is 0.665. The summed E-state index contributed by atoms with van der Waals surface area (Å²) in [4.78, 5) is 10.8. The summed E-state index contributed by atoms with van der Waals surface area (Å²) in [6.45, 7) is 0. The molecule has 0 heterocycles. The Morgan fingerprint density at radius 2 is 1.70 bits per heavy atom. The molecular weight excluding hydrogens is 445 g/mol. The van der Waals surface area contributed by atoms with Gasteiger partial charge in [-0.2, -0.15) is 0 Å². The third-order valence-corrected chi connectivity index (χ3v) is 8.54. The fourth-order valence-corrected chi connectivity index (χ4v) is 6.42. The topological polar surface area (TPSA) is 71.4 Å². The maximum absolute atomic E-state index is 14.7. The number of carboxylic acid groups (broad SMARTS) is 1. The van der Waals surface area contributed by atoms with E-state index in [0.717, 1.165) is 18.2 Å². The first-order valence-corrected chi connectivity index (χ1v) is 11.2. The minimum atomic E-state index is -4.07. The van der Waals surface area contributed by atoms with Crippen LogP contribution >= 0.6 is 11.6 Å². The standard InChI is InChI=1S/C21H21ClF2O4S.Na/c22-15-2-5-17(6-3-15)29(27,28)21(18-13-16(23)4-7-19(18)24)11-9-14(10-12-21)1-8-20(25)26;/h2-7,13-14H,1,8-12H2,(H,25,26);/q;+1. The van der Waals surface area contributed by atoms with E-state index in [4.69, 9.17) is 16.7 Å². The van der Waals surface area contributed by atoms with Crippen molar-refractivity contribution < 1.29 is 56.7 Å². The van der Waals surface area contributed by atoms with Gasteiger partial charge >= 0.3 is 35.5 Å². The van der Waals surface area contributed by atoms with Crippen molar-refractivity contribution in [3.63, 3.8) is 0 Å². The van der Waals surface area contributed by atoms with Crippen molar-refractivity contribution in [2.75, 3.05) is 0 Å². The molecule has 0 aliphatic heterocycles. The first-order valence-electron chi connectivity index (χ1n) is 9.33. The minimum absolute atomic E-state index is 0. The number of benzene rings is 2. The summed E-state index contributed by atoms with van der Waals surface area (Å²) < 4.78 is 54.3. The number of carboxylic acids is 1. The molecule has 2 aromatic rings. The Bertz CT molecular complexity index is 1000. The molecular formula is C21H21ClF2NaO4S+. The van der Waals surface area contributed by atoms with E-state index < -0.39 is 32.2 Å². The first kappa shape index (κ1) is 25.3. The molecule has 1 aliphatic rings. The van der Waals surface area contributed by atoms with Gasteiger partial charge in [0.2, 0.25) is 0 Å². The number of halogens is 3. The smallest absolute Gasteiger partial charge is 0.481 e. The summed E-state index contributed by atoms with van der Waals surface area (Å²) >= 11 is 5.87. The van der Waals surface area contributed by atoms with Crippen molar-refractivity contribution in [3.8, 4) is 0 Å². The van der Waals surface area contributed by atoms with Gasteiger partial charge in [0.05, 0.1) is 4.90 Å². The fraction of sp³-hybridized carbons (Fsp3) is 0.381. The zero-order chi connectivity index (χ0) is 21.2. The van der Waals surface area contributed by atoms with E-state index in [1.165, 1.54) is 24.3 Å². The van der Waals surface area contributed by atoms with E-state index >= 15 is 0 Å². The van der Waals surface area contributed by atoms with Crippen LogP contribution in [0, 0.1) is 17.6 Å². The van der Waals surface area contributed by atoms with Gasteiger partial charge in [-0.05, 0) is 80.5 Å². The molecule has 156 valence electrons. The van der Waals surface area contributed by atoms with Gasteiger partial charge in [0, 0.05) is 17.0 Å². The van der Waals surface area contributed by atoms with E-state index in [1.807, 2.05) is 0 Å². The van der Waals surface area contributed by atoms with Crippen molar-refractivity contribution in [3.05, 3.63) is 64.7 Å². The van der Waals surface area contributed by atoms with Crippen LogP contribution in [0.1, 0.15) is 44.1 Å². The average molecular weight is 466 g/mol. The molecule has 4 nitrogen and oxygen atoms in total. The van der Waals surface area contributed by atoms with Crippen LogP contribution in [0.4, 0.5) is 8.78 Å². The van der Waals surface area contributed by atoms with Crippen LogP contribution in [0.3, 0.4) is 0 Å². The number of rotatable bonds is 6. The molecule has 0 bridgehead atoms. The van der Waals surface area contributed by atoms with E-state index in [-0.39, 0.29) is 65.2 Å². The van der Waals surface area contributed by atoms with Gasteiger partial charge in [0.25, 0.3) is 0 Å². The molecule has 0 amide bonds. The van der Waals surface area contributed by atoms with Gasteiger partial charge in [-0.1, -0.05) is 11.6 Å². The molecule has 1 fully saturated rings. The van der Waals surface area contributed by atoms with Gasteiger partial charge in [-0.15, -0.1) is 0 Å². The Morgan fingerprint density at radius 3 is 2.27 bits per heavy atom. The van der Waals surface area contributed by atoms with Crippen LogP contribution in [0.2, 0.25) is 5.02 Å². The first-order chi connectivity index (χ1) is 13.7. The summed E-state index contributed by atoms with van der Waals surface area (Å²) in [5.74, 6) is -2.36. The summed E-state index contributed by atoms with van der Waals surface area (Å²) in [5.41, 5.74) is -0.177. The Balaban J connectivity index is 0.00000320. The zero-order valence-electron chi connectivity index (χ0n) is 16.6. The molecule has 0 aromatic heterocycles. The monoisotopic (exact) mass is 465 g/mol. The van der Waals surface area contributed by atoms with Crippen LogP contribution in [-0.2, 0) is 19.4 Å². The Labute approximate surface area is 201 Å². The predicted molar refractivity (Wildman–Crippen MR) is 106 cm³/mol. The molecule has 3 rings (SSSR count). The number of carbonyl (C=O) groups is 1. The molecule has 0 atom stereocenters. The second-order valence-corrected chi connectivity index (χ2v) is 10.1. The van der Waals surface area contributed by atoms with Gasteiger partial charge < -0.3 is 5.11 Å². The Hall–Kier alpha value is -0.990. The largest absolute Gasteiger partial charge is 1.00 e. The Kier molecular flexibility index (Phi) is 8.50. The molecule has 1 aliphatic carbocycles. The van der Waals surface area contributed by atoms with E-state index in [1.54, 1.807) is 0 Å². The average Bonchev–Trinajstić information content (AvgIpc) is 2.69. The van der Waals surface area contributed by atoms with Crippen molar-refractivity contribution in [1.29, 1.82) is 0 Å². The molecule has 2 aromatic carbocycles. The van der Waals surface area contributed by atoms with Crippen LogP contribution in [0.15, 0.2) is 47.4 Å². The van der Waals surface area contributed by atoms with Crippen LogP contribution < -0.4 is 29.6 Å². The van der Waals surface area contributed by atoms with Gasteiger partial charge in [0.1, 0.15) is 16.4 Å². The van der Waals surface area contributed by atoms with Gasteiger partial charge in [-0.25, -0.2) is 17.2 Å². The normalized spacial score (nSPS) is 21.6. The molecule has 1 N–H and O–H groups in total. The zero-order valence-corrected chi connectivity index (χ0v) is 20.1. The minimum Gasteiger partial charge on any atom is -0.481 e. The fourth-order valence-electron chi connectivity index (χ4n) is 4.13. The third kappa shape index (κ3) is 5.07. The molecule has 0 saturated heterocycles. The molecule has 0 unspecified atom stereocenters. The van der Waals surface area contributed by atoms with E-state index in [2.05, 4.69) is 0 Å². The summed E-state index contributed by atoms with van der Waals surface area (Å²) in [7, 11) is -4.07. The summed E-state index contributed by atoms with van der Waals surface area (Å²) in [6, 6.07) is 8.49. The second-order valence-electron chi connectivity index (χ2n) is 7.45. The third-order valence-electron chi connectivity index (χ3n) is 5.74. The van der Waals surface area contributed by atoms with Crippen LogP contribution in [-0.4, -0.2) is 19.5 Å². The van der Waals surface area contributed by atoms with E-state index in [9.17, 15) is 22.0 Å². The number of hydrogen-bond acceptors (Lipinski definition) is 3. The maximum atomic E-state index is 14.7. The molecule has 0 spiro atoms. The predicted octanol–water partition coefficient (Wildman–Crippen LogP) is 2.35. The number of aliphatic carboxylic acids is 1. The van der Waals surface area contributed by atoms with E-state index in [0.29, 0.717) is 24.3 Å². The van der Waals surface area contributed by atoms with Crippen molar-refractivity contribution in [2.45, 2.75) is 48.2 Å². The van der Waals surface area contributed by atoms with Crippen molar-refractivity contribution in [1.82, 2.24) is 0 Å². The SMILES string of the molecule is O=C(O)CCC1CCC(c2cc(F)ccc2F)(S(=O)(=O)c2ccc(Cl)cc2)CC1.[Na+]. The second kappa shape index (κ2) is 10.1. The Morgan fingerprint density at radius 1 is 1.10 bits per heavy atom. The van der Waals surface area contributed by atoms with Gasteiger partial charge in [0.15, 0.2) is 9.84 Å². The number of hydrogen-bond donors (Lipinski definition) is 1. The van der Waals surface area contributed by atoms with Gasteiger partial charge in [-0.3, -0.25) is 4.79 Å². The molecule has 9 heteroatoms. The molecule has 0 radical (unpaired) electrons. The van der Waals surface area contributed by atoms with Crippen molar-refractivity contribution >= 4 is 27.4 Å².